The van der Waals surface area contributed by atoms with Gasteiger partial charge in [-0.15, -0.1) is 0 Å². The number of ether oxygens (including phenoxy) is 1. The Balaban J connectivity index is 2.16. The molecule has 0 spiro atoms. The van der Waals surface area contributed by atoms with Gasteiger partial charge in [0.25, 0.3) is 0 Å². The third-order valence-corrected chi connectivity index (χ3v) is 3.81. The van der Waals surface area contributed by atoms with Gasteiger partial charge in [-0.1, -0.05) is 23.8 Å². The third kappa shape index (κ3) is 2.01. The molecule has 0 amide bonds. The van der Waals surface area contributed by atoms with E-state index in [9.17, 15) is 4.79 Å². The Morgan fingerprint density at radius 2 is 2.05 bits per heavy atom. The molecular weight excluding hydrogens is 248 g/mol. The van der Waals surface area contributed by atoms with Crippen molar-refractivity contribution >= 4 is 17.6 Å². The maximum Gasteiger partial charge on any atom is 0.338 e. The van der Waals surface area contributed by atoms with Crippen molar-refractivity contribution in [3.8, 4) is 0 Å². The van der Waals surface area contributed by atoms with Gasteiger partial charge in [0.2, 0.25) is 0 Å². The van der Waals surface area contributed by atoms with Crippen molar-refractivity contribution in [1.29, 1.82) is 0 Å². The molecule has 0 saturated carbocycles. The summed E-state index contributed by atoms with van der Waals surface area (Å²) in [5.74, 6) is -0.236. The summed E-state index contributed by atoms with van der Waals surface area (Å²) in [5.41, 5.74) is 8.08. The minimum Gasteiger partial charge on any atom is -0.462 e. The van der Waals surface area contributed by atoms with Gasteiger partial charge in [0.1, 0.15) is 0 Å². The first kappa shape index (κ1) is 12.9. The van der Waals surface area contributed by atoms with Crippen LogP contribution in [0.3, 0.4) is 0 Å². The van der Waals surface area contributed by atoms with Crippen LogP contribution in [0.5, 0.6) is 0 Å². The van der Waals surface area contributed by atoms with Crippen molar-refractivity contribution < 1.29 is 9.53 Å². The molecular formula is C18H18O2. The molecule has 2 aliphatic carbocycles. The van der Waals surface area contributed by atoms with Gasteiger partial charge in [-0.2, -0.15) is 0 Å². The number of benzene rings is 1. The van der Waals surface area contributed by atoms with Gasteiger partial charge in [0.05, 0.1) is 12.2 Å². The maximum atomic E-state index is 12.0. The van der Waals surface area contributed by atoms with E-state index in [1.54, 1.807) is 0 Å². The van der Waals surface area contributed by atoms with Gasteiger partial charge in [0.15, 0.2) is 0 Å². The summed E-state index contributed by atoms with van der Waals surface area (Å²) in [6.07, 6.45) is 7.49. The van der Waals surface area contributed by atoms with Gasteiger partial charge in [0, 0.05) is 0 Å². The second kappa shape index (κ2) is 4.78. The molecule has 0 radical (unpaired) electrons. The Morgan fingerprint density at radius 3 is 2.80 bits per heavy atom. The molecule has 0 heterocycles. The van der Waals surface area contributed by atoms with E-state index in [2.05, 4.69) is 32.1 Å². The number of hydrogen-bond donors (Lipinski definition) is 0. The van der Waals surface area contributed by atoms with Gasteiger partial charge in [-0.3, -0.25) is 0 Å². The maximum absolute atomic E-state index is 12.0. The van der Waals surface area contributed by atoms with Crippen LogP contribution in [-0.2, 0) is 11.2 Å². The van der Waals surface area contributed by atoms with Crippen molar-refractivity contribution in [3.63, 3.8) is 0 Å². The molecule has 0 aromatic heterocycles. The quantitative estimate of drug-likeness (QED) is 0.751. The normalized spacial score (nSPS) is 15.8. The second-order valence-electron chi connectivity index (χ2n) is 5.36. The highest BCUT2D eigenvalue weighted by atomic mass is 16.5. The minimum atomic E-state index is -0.236. The molecule has 102 valence electrons. The van der Waals surface area contributed by atoms with E-state index >= 15 is 0 Å². The van der Waals surface area contributed by atoms with Crippen LogP contribution in [-0.4, -0.2) is 12.6 Å². The van der Waals surface area contributed by atoms with E-state index in [0.29, 0.717) is 12.2 Å². The lowest BCUT2D eigenvalue weighted by Crippen LogP contribution is -2.06. The predicted molar refractivity (Wildman–Crippen MR) is 81.5 cm³/mol. The molecule has 3 rings (SSSR count). The number of hydrogen-bond acceptors (Lipinski definition) is 2. The SMILES string of the molecule is CCOC(=O)c1cc2c3c(c1)CC=C3C(C)=CC(C)=C2. The molecule has 0 N–H and O–H groups in total. The molecule has 1 aromatic rings. The molecule has 0 unspecified atom stereocenters. The number of allylic oxidation sites excluding steroid dienone is 5. The van der Waals surface area contributed by atoms with Crippen molar-refractivity contribution in [1.82, 2.24) is 0 Å². The summed E-state index contributed by atoms with van der Waals surface area (Å²) in [7, 11) is 0. The van der Waals surface area contributed by atoms with Crippen LogP contribution in [0, 0.1) is 0 Å². The van der Waals surface area contributed by atoms with Gasteiger partial charge < -0.3 is 4.74 Å². The zero-order valence-electron chi connectivity index (χ0n) is 12.1. The van der Waals surface area contributed by atoms with Crippen LogP contribution in [0.1, 0.15) is 47.8 Å². The summed E-state index contributed by atoms with van der Waals surface area (Å²) < 4.78 is 5.12. The summed E-state index contributed by atoms with van der Waals surface area (Å²) in [4.78, 5) is 12.0. The molecule has 0 fully saturated rings. The topological polar surface area (TPSA) is 26.3 Å². The van der Waals surface area contributed by atoms with Crippen LogP contribution in [0.25, 0.3) is 11.6 Å². The third-order valence-electron chi connectivity index (χ3n) is 3.81. The Hall–Kier alpha value is -2.09. The second-order valence-corrected chi connectivity index (χ2v) is 5.36. The first-order valence-corrected chi connectivity index (χ1v) is 7.01. The Kier molecular flexibility index (Phi) is 3.09. The molecule has 2 heteroatoms. The fourth-order valence-electron chi connectivity index (χ4n) is 3.04. The number of carbonyl (C=O) groups is 1. The first-order chi connectivity index (χ1) is 9.60. The minimum absolute atomic E-state index is 0.236. The average molecular weight is 266 g/mol. The molecule has 0 bridgehead atoms. The summed E-state index contributed by atoms with van der Waals surface area (Å²) in [6, 6.07) is 3.92. The first-order valence-electron chi connectivity index (χ1n) is 7.01. The fourth-order valence-corrected chi connectivity index (χ4v) is 3.04. The molecule has 0 saturated heterocycles. The van der Waals surface area contributed by atoms with Gasteiger partial charge in [-0.25, -0.2) is 4.79 Å². The summed E-state index contributed by atoms with van der Waals surface area (Å²) in [6.45, 7) is 6.47. The van der Waals surface area contributed by atoms with Crippen LogP contribution in [0.2, 0.25) is 0 Å². The van der Waals surface area contributed by atoms with Crippen molar-refractivity contribution in [2.75, 3.05) is 6.61 Å². The molecule has 0 atom stereocenters. The van der Waals surface area contributed by atoms with E-state index in [0.717, 1.165) is 12.0 Å². The monoisotopic (exact) mass is 266 g/mol. The smallest absolute Gasteiger partial charge is 0.338 e. The zero-order chi connectivity index (χ0) is 14.3. The van der Waals surface area contributed by atoms with E-state index in [-0.39, 0.29) is 5.97 Å². The number of carbonyl (C=O) groups excluding carboxylic acids is 1. The highest BCUT2D eigenvalue weighted by Gasteiger charge is 2.23. The fraction of sp³-hybridized carbons (Fsp3) is 0.278. The van der Waals surface area contributed by atoms with Gasteiger partial charge in [-0.05, 0) is 67.2 Å². The lowest BCUT2D eigenvalue weighted by molar-refractivity contribution is 0.0526. The standard InChI is InChI=1S/C18H18O2/c1-4-20-18(19)15-9-13-5-6-16-12(3)7-11(2)8-14(10-15)17(13)16/h6-10H,4-5H2,1-3H3. The zero-order valence-corrected chi connectivity index (χ0v) is 12.1. The average Bonchev–Trinajstić information content (AvgIpc) is 2.77. The molecule has 2 aliphatic rings. The molecule has 20 heavy (non-hydrogen) atoms. The predicted octanol–water partition coefficient (Wildman–Crippen LogP) is 4.17. The Morgan fingerprint density at radius 1 is 1.25 bits per heavy atom. The molecule has 0 aliphatic heterocycles. The van der Waals surface area contributed by atoms with Crippen molar-refractivity contribution in [2.24, 2.45) is 0 Å². The van der Waals surface area contributed by atoms with E-state index in [4.69, 9.17) is 4.74 Å². The highest BCUT2D eigenvalue weighted by Crippen LogP contribution is 2.39. The van der Waals surface area contributed by atoms with Crippen LogP contribution in [0.4, 0.5) is 0 Å². The van der Waals surface area contributed by atoms with Crippen LogP contribution in [0.15, 0.2) is 35.4 Å². The lowest BCUT2D eigenvalue weighted by Gasteiger charge is -2.11. The van der Waals surface area contributed by atoms with E-state index < -0.39 is 0 Å². The Labute approximate surface area is 119 Å². The van der Waals surface area contributed by atoms with Crippen molar-refractivity contribution in [2.45, 2.75) is 27.2 Å². The molecule has 1 aromatic carbocycles. The lowest BCUT2D eigenvalue weighted by atomic mass is 9.94. The number of esters is 1. The van der Waals surface area contributed by atoms with Crippen LogP contribution >= 0.6 is 0 Å². The summed E-state index contributed by atoms with van der Waals surface area (Å²) in [5, 5.41) is 0. The summed E-state index contributed by atoms with van der Waals surface area (Å²) >= 11 is 0. The van der Waals surface area contributed by atoms with Gasteiger partial charge >= 0.3 is 5.97 Å². The van der Waals surface area contributed by atoms with E-state index in [1.165, 1.54) is 27.8 Å². The Bertz CT molecular complexity index is 688. The number of rotatable bonds is 2. The van der Waals surface area contributed by atoms with Crippen LogP contribution < -0.4 is 0 Å². The van der Waals surface area contributed by atoms with E-state index in [1.807, 2.05) is 19.1 Å². The van der Waals surface area contributed by atoms with Crippen molar-refractivity contribution in [3.05, 3.63) is 57.7 Å². The highest BCUT2D eigenvalue weighted by molar-refractivity contribution is 5.96. The molecule has 2 nitrogen and oxygen atoms in total. The largest absolute Gasteiger partial charge is 0.462 e.